The van der Waals surface area contributed by atoms with Gasteiger partial charge >= 0.3 is 0 Å². The summed E-state index contributed by atoms with van der Waals surface area (Å²) in [5, 5.41) is 1.62. The van der Waals surface area contributed by atoms with Crippen molar-refractivity contribution < 1.29 is 23.7 Å². The van der Waals surface area contributed by atoms with Crippen LogP contribution < -0.4 is 0 Å². The van der Waals surface area contributed by atoms with Crippen LogP contribution in [-0.2, 0) is 50.1 Å². The van der Waals surface area contributed by atoms with Crippen LogP contribution in [0.2, 0.25) is 5.02 Å². The number of hydrogen-bond acceptors (Lipinski definition) is 5. The van der Waals surface area contributed by atoms with E-state index in [4.69, 9.17) is 35.3 Å². The normalized spacial score (nSPS) is 20.8. The topological polar surface area (TPSA) is 61.9 Å². The molecule has 0 aliphatic carbocycles. The molecule has 6 nitrogen and oxygen atoms in total. The van der Waals surface area contributed by atoms with Crippen molar-refractivity contribution in [1.82, 2.24) is 4.98 Å². The van der Waals surface area contributed by atoms with Crippen LogP contribution in [0, 0.1) is 0 Å². The van der Waals surface area contributed by atoms with Crippen molar-refractivity contribution in [3.63, 3.8) is 0 Å². The first-order valence-corrected chi connectivity index (χ1v) is 17.1. The summed E-state index contributed by atoms with van der Waals surface area (Å²) in [4.78, 5) is 3.42. The van der Waals surface area contributed by atoms with Crippen molar-refractivity contribution in [3.05, 3.63) is 179 Å². The molecule has 1 saturated heterocycles. The summed E-state index contributed by atoms with van der Waals surface area (Å²) in [5.74, 6) is 0. The Bertz CT molecular complexity index is 1870. The average molecular weight is 674 g/mol. The number of hydrogen-bond donors (Lipinski definition) is 1. The van der Waals surface area contributed by atoms with Crippen molar-refractivity contribution in [2.24, 2.45) is 0 Å². The number of aromatic nitrogens is 1. The number of rotatable bonds is 14. The number of aromatic amines is 1. The lowest BCUT2D eigenvalue weighted by Gasteiger charge is -2.46. The second kappa shape index (κ2) is 16.4. The van der Waals surface area contributed by atoms with Crippen molar-refractivity contribution in [2.45, 2.75) is 56.9 Å². The zero-order valence-corrected chi connectivity index (χ0v) is 28.0. The van der Waals surface area contributed by atoms with Crippen molar-refractivity contribution in [1.29, 1.82) is 0 Å². The van der Waals surface area contributed by atoms with Crippen LogP contribution in [0.25, 0.3) is 10.9 Å². The molecule has 0 spiro atoms. The Labute approximate surface area is 292 Å². The number of nitrogens with one attached hydrogen (secondary N) is 1. The zero-order chi connectivity index (χ0) is 33.3. The van der Waals surface area contributed by atoms with Gasteiger partial charge in [-0.1, -0.05) is 133 Å². The number of fused-ring (bicyclic) bond motifs is 1. The van der Waals surface area contributed by atoms with E-state index in [1.165, 1.54) is 0 Å². The summed E-state index contributed by atoms with van der Waals surface area (Å²) in [7, 11) is 0. The fourth-order valence-electron chi connectivity index (χ4n) is 6.39. The molecule has 5 aromatic carbocycles. The zero-order valence-electron chi connectivity index (χ0n) is 27.2. The minimum absolute atomic E-state index is 0.296. The van der Waals surface area contributed by atoms with Gasteiger partial charge in [-0.2, -0.15) is 0 Å². The number of ether oxygens (including phenoxy) is 5. The molecule has 0 radical (unpaired) electrons. The van der Waals surface area contributed by atoms with Crippen LogP contribution in [0.4, 0.5) is 0 Å². The molecule has 0 bridgehead atoms. The molecule has 5 atom stereocenters. The van der Waals surface area contributed by atoms with Crippen LogP contribution in [0.5, 0.6) is 0 Å². The van der Waals surface area contributed by atoms with Crippen LogP contribution in [0.1, 0.15) is 33.9 Å². The predicted molar refractivity (Wildman–Crippen MR) is 192 cm³/mol. The molecule has 1 aliphatic rings. The standard InChI is InChI=1S/C42H40ClNO5/c43-34-21-22-37-35(23-34)36(24-44-37)39-41(47-27-32-17-9-3-10-18-32)42(48-28-33-19-11-4-12-20-33)40(46-26-31-15-7-2-8-16-31)38(49-39)29-45-25-30-13-5-1-6-14-30/h1-24,38-42,44H,25-29H2/t38-,39+,40-,41+,42+/m1/s1. The number of halogens is 1. The molecular weight excluding hydrogens is 634 g/mol. The Morgan fingerprint density at radius 3 is 1.59 bits per heavy atom. The summed E-state index contributed by atoms with van der Waals surface area (Å²) < 4.78 is 34.0. The van der Waals surface area contributed by atoms with Gasteiger partial charge < -0.3 is 28.7 Å². The third-order valence-electron chi connectivity index (χ3n) is 8.87. The molecule has 1 fully saturated rings. The van der Waals surface area contributed by atoms with Crippen LogP contribution in [0.3, 0.4) is 0 Å². The second-order valence-electron chi connectivity index (χ2n) is 12.3. The quantitative estimate of drug-likeness (QED) is 0.125. The first-order chi connectivity index (χ1) is 24.2. The van der Waals surface area contributed by atoms with E-state index in [1.54, 1.807) is 0 Å². The third-order valence-corrected chi connectivity index (χ3v) is 9.10. The van der Waals surface area contributed by atoms with Gasteiger partial charge in [0.2, 0.25) is 0 Å². The fourth-order valence-corrected chi connectivity index (χ4v) is 6.56. The van der Waals surface area contributed by atoms with Crippen LogP contribution in [-0.4, -0.2) is 36.0 Å². The maximum Gasteiger partial charge on any atom is 0.117 e. The Kier molecular flexibility index (Phi) is 11.1. The van der Waals surface area contributed by atoms with Gasteiger partial charge in [0.05, 0.1) is 33.0 Å². The molecule has 49 heavy (non-hydrogen) atoms. The van der Waals surface area contributed by atoms with E-state index >= 15 is 0 Å². The highest BCUT2D eigenvalue weighted by molar-refractivity contribution is 6.31. The molecule has 1 aromatic heterocycles. The molecular formula is C42H40ClNO5. The van der Waals surface area contributed by atoms with Crippen LogP contribution in [0.15, 0.2) is 146 Å². The van der Waals surface area contributed by atoms with Gasteiger partial charge in [-0.3, -0.25) is 0 Å². The summed E-state index contributed by atoms with van der Waals surface area (Å²) in [6, 6.07) is 46.5. The average Bonchev–Trinajstić information content (AvgIpc) is 3.57. The Morgan fingerprint density at radius 2 is 1.04 bits per heavy atom. The molecule has 250 valence electrons. The van der Waals surface area contributed by atoms with E-state index in [1.807, 2.05) is 97.2 Å². The van der Waals surface area contributed by atoms with Gasteiger partial charge in [0.25, 0.3) is 0 Å². The van der Waals surface area contributed by atoms with E-state index < -0.39 is 30.5 Å². The molecule has 1 N–H and O–H groups in total. The van der Waals surface area contributed by atoms with Gasteiger partial charge in [0.15, 0.2) is 0 Å². The molecule has 7 heteroatoms. The van der Waals surface area contributed by atoms with Gasteiger partial charge in [-0.05, 0) is 40.5 Å². The monoisotopic (exact) mass is 673 g/mol. The van der Waals surface area contributed by atoms with E-state index in [2.05, 4.69) is 53.5 Å². The van der Waals surface area contributed by atoms with E-state index in [-0.39, 0.29) is 0 Å². The van der Waals surface area contributed by atoms with E-state index in [0.717, 1.165) is 38.7 Å². The lowest BCUT2D eigenvalue weighted by Crippen LogP contribution is -2.58. The summed E-state index contributed by atoms with van der Waals surface area (Å²) in [5.41, 5.74) is 6.17. The van der Waals surface area contributed by atoms with Crippen molar-refractivity contribution in [3.8, 4) is 0 Å². The molecule has 0 amide bonds. The molecule has 0 unspecified atom stereocenters. The smallest absolute Gasteiger partial charge is 0.117 e. The molecule has 2 heterocycles. The van der Waals surface area contributed by atoms with Gasteiger partial charge in [0.1, 0.15) is 30.5 Å². The summed E-state index contributed by atoms with van der Waals surface area (Å²) >= 11 is 6.54. The molecule has 1 aliphatic heterocycles. The Balaban J connectivity index is 1.27. The summed E-state index contributed by atoms with van der Waals surface area (Å²) in [6.45, 7) is 1.88. The lowest BCUT2D eigenvalue weighted by molar-refractivity contribution is -0.274. The van der Waals surface area contributed by atoms with Crippen molar-refractivity contribution in [2.75, 3.05) is 6.61 Å². The largest absolute Gasteiger partial charge is 0.374 e. The first-order valence-electron chi connectivity index (χ1n) is 16.7. The fraction of sp³-hybridized carbons (Fsp3) is 0.238. The van der Waals surface area contributed by atoms with Crippen molar-refractivity contribution >= 4 is 22.5 Å². The second-order valence-corrected chi connectivity index (χ2v) is 12.7. The highest BCUT2D eigenvalue weighted by Gasteiger charge is 2.49. The van der Waals surface area contributed by atoms with Gasteiger partial charge in [0, 0.05) is 27.7 Å². The molecule has 6 aromatic rings. The Hall–Kier alpha value is -4.27. The van der Waals surface area contributed by atoms with Gasteiger partial charge in [-0.25, -0.2) is 0 Å². The van der Waals surface area contributed by atoms with Crippen LogP contribution >= 0.6 is 11.6 Å². The summed E-state index contributed by atoms with van der Waals surface area (Å²) in [6.07, 6.45) is -0.553. The predicted octanol–water partition coefficient (Wildman–Crippen LogP) is 9.23. The SMILES string of the molecule is Clc1ccc2[nH]cc([C@@H]3O[C@H](COCc4ccccc4)[C@@H](OCc4ccccc4)[C@H](OCc4ccccc4)[C@H]3OCc3ccccc3)c2c1. The minimum atomic E-state index is -0.534. The Morgan fingerprint density at radius 1 is 0.551 bits per heavy atom. The maximum absolute atomic E-state index is 7.08. The van der Waals surface area contributed by atoms with Gasteiger partial charge in [-0.15, -0.1) is 0 Å². The van der Waals surface area contributed by atoms with E-state index in [9.17, 15) is 0 Å². The third kappa shape index (κ3) is 8.49. The highest BCUT2D eigenvalue weighted by Crippen LogP contribution is 2.41. The molecule has 0 saturated carbocycles. The van der Waals surface area contributed by atoms with E-state index in [0.29, 0.717) is 38.1 Å². The minimum Gasteiger partial charge on any atom is -0.374 e. The first kappa shape index (κ1) is 33.2. The highest BCUT2D eigenvalue weighted by atomic mass is 35.5. The molecule has 7 rings (SSSR count). The maximum atomic E-state index is 7.08. The lowest BCUT2D eigenvalue weighted by atomic mass is 9.90. The number of benzene rings is 5. The number of H-pyrrole nitrogens is 1.